The number of halogens is 2. The number of hydrogen-bond donors (Lipinski definition) is 1. The Morgan fingerprint density at radius 2 is 1.95 bits per heavy atom. The van der Waals surface area contributed by atoms with Crippen LogP contribution in [0.25, 0.3) is 0 Å². The first kappa shape index (κ1) is 16.2. The fourth-order valence-electron chi connectivity index (χ4n) is 2.05. The number of alkyl halides is 2. The Morgan fingerprint density at radius 3 is 2.64 bits per heavy atom. The van der Waals surface area contributed by atoms with Crippen LogP contribution in [0.1, 0.15) is 17.0 Å². The van der Waals surface area contributed by atoms with E-state index in [-0.39, 0.29) is 11.5 Å². The van der Waals surface area contributed by atoms with E-state index in [0.29, 0.717) is 13.1 Å². The number of aryl methyl sites for hydroxylation is 1. The molecule has 0 saturated heterocycles. The highest BCUT2D eigenvalue weighted by atomic mass is 19.3. The first-order valence-corrected chi connectivity index (χ1v) is 6.83. The van der Waals surface area contributed by atoms with Gasteiger partial charge in [0.05, 0.1) is 12.8 Å². The van der Waals surface area contributed by atoms with Crippen molar-refractivity contribution in [1.29, 1.82) is 0 Å². The van der Waals surface area contributed by atoms with Crippen LogP contribution in [0.5, 0.6) is 11.5 Å². The lowest BCUT2D eigenvalue weighted by Crippen LogP contribution is -2.14. The first-order valence-electron chi connectivity index (χ1n) is 6.83. The van der Waals surface area contributed by atoms with Crippen molar-refractivity contribution in [2.75, 3.05) is 7.11 Å². The van der Waals surface area contributed by atoms with Crippen LogP contribution in [0, 0.1) is 6.92 Å². The summed E-state index contributed by atoms with van der Waals surface area (Å²) in [6.45, 7) is 0.160. The molecule has 2 rings (SSSR count). The molecule has 0 unspecified atom stereocenters. The Balaban J connectivity index is 1.97. The van der Waals surface area contributed by atoms with Gasteiger partial charge in [0.2, 0.25) is 0 Å². The average molecular weight is 308 g/mol. The van der Waals surface area contributed by atoms with E-state index in [1.165, 1.54) is 7.11 Å². The van der Waals surface area contributed by atoms with Crippen molar-refractivity contribution < 1.29 is 18.3 Å². The fraction of sp³-hybridized carbons (Fsp3) is 0.312. The molecule has 0 fully saturated rings. The van der Waals surface area contributed by atoms with Crippen LogP contribution in [-0.2, 0) is 13.1 Å². The highest BCUT2D eigenvalue weighted by Crippen LogP contribution is 2.29. The van der Waals surface area contributed by atoms with Crippen LogP contribution >= 0.6 is 0 Å². The van der Waals surface area contributed by atoms with Crippen LogP contribution in [-0.4, -0.2) is 18.7 Å². The zero-order chi connectivity index (χ0) is 15.9. The maximum atomic E-state index is 12.4. The summed E-state index contributed by atoms with van der Waals surface area (Å²) in [7, 11) is 1.41. The van der Waals surface area contributed by atoms with E-state index in [0.717, 1.165) is 17.0 Å². The minimum atomic E-state index is -2.88. The van der Waals surface area contributed by atoms with Gasteiger partial charge in [-0.1, -0.05) is 12.1 Å². The number of nitrogens with one attached hydrogen (secondary N) is 1. The minimum absolute atomic E-state index is 0.0329. The lowest BCUT2D eigenvalue weighted by Gasteiger charge is -2.12. The van der Waals surface area contributed by atoms with Crippen LogP contribution < -0.4 is 14.8 Å². The number of ether oxygens (including phenoxy) is 2. The van der Waals surface area contributed by atoms with Gasteiger partial charge in [0, 0.05) is 18.8 Å². The highest BCUT2D eigenvalue weighted by molar-refractivity contribution is 5.43. The van der Waals surface area contributed by atoms with Crippen molar-refractivity contribution in [2.45, 2.75) is 26.6 Å². The van der Waals surface area contributed by atoms with Crippen molar-refractivity contribution in [1.82, 2.24) is 10.3 Å². The average Bonchev–Trinajstić information content (AvgIpc) is 2.47. The second kappa shape index (κ2) is 7.70. The number of pyridine rings is 1. The molecule has 0 radical (unpaired) electrons. The molecule has 0 atom stereocenters. The second-order valence-corrected chi connectivity index (χ2v) is 4.74. The molecular weight excluding hydrogens is 290 g/mol. The van der Waals surface area contributed by atoms with Crippen LogP contribution in [0.2, 0.25) is 0 Å². The summed E-state index contributed by atoms with van der Waals surface area (Å²) in [5, 5.41) is 3.22. The smallest absolute Gasteiger partial charge is 0.387 e. The topological polar surface area (TPSA) is 43.4 Å². The number of hydrogen-bond acceptors (Lipinski definition) is 4. The minimum Gasteiger partial charge on any atom is -0.493 e. The molecule has 0 aliphatic carbocycles. The maximum absolute atomic E-state index is 12.4. The Hall–Kier alpha value is -2.21. The molecule has 0 saturated carbocycles. The molecule has 0 spiro atoms. The van der Waals surface area contributed by atoms with Gasteiger partial charge in [-0.25, -0.2) is 0 Å². The Bertz CT molecular complexity index is 621. The van der Waals surface area contributed by atoms with E-state index in [4.69, 9.17) is 4.74 Å². The molecular formula is C16H18F2N2O2. The van der Waals surface area contributed by atoms with Gasteiger partial charge >= 0.3 is 6.61 Å². The standard InChI is InChI=1S/C16H18F2N2O2/c1-11-4-3-5-13(20-11)10-19-9-12-6-7-14(21-2)15(8-12)22-16(17)18/h3-8,16,19H,9-10H2,1-2H3. The lowest BCUT2D eigenvalue weighted by atomic mass is 10.2. The molecule has 1 aromatic carbocycles. The summed E-state index contributed by atoms with van der Waals surface area (Å²) < 4.78 is 34.2. The molecule has 1 N–H and O–H groups in total. The monoisotopic (exact) mass is 308 g/mol. The van der Waals surface area contributed by atoms with Gasteiger partial charge in [-0.05, 0) is 36.8 Å². The zero-order valence-corrected chi connectivity index (χ0v) is 12.5. The number of rotatable bonds is 7. The van der Waals surface area contributed by atoms with Gasteiger partial charge in [0.1, 0.15) is 0 Å². The number of benzene rings is 1. The molecule has 1 aromatic heterocycles. The van der Waals surface area contributed by atoms with E-state index in [9.17, 15) is 8.78 Å². The SMILES string of the molecule is COc1ccc(CNCc2cccc(C)n2)cc1OC(F)F. The van der Waals surface area contributed by atoms with Crippen LogP contribution in [0.4, 0.5) is 8.78 Å². The summed E-state index contributed by atoms with van der Waals surface area (Å²) in [6, 6.07) is 10.8. The van der Waals surface area contributed by atoms with Gasteiger partial charge in [-0.3, -0.25) is 4.98 Å². The third-order valence-electron chi connectivity index (χ3n) is 3.03. The van der Waals surface area contributed by atoms with Crippen molar-refractivity contribution >= 4 is 0 Å². The number of nitrogens with zero attached hydrogens (tertiary/aromatic N) is 1. The van der Waals surface area contributed by atoms with Gasteiger partial charge < -0.3 is 14.8 Å². The third kappa shape index (κ3) is 4.66. The van der Waals surface area contributed by atoms with E-state index in [1.807, 2.05) is 25.1 Å². The number of methoxy groups -OCH3 is 1. The fourth-order valence-corrected chi connectivity index (χ4v) is 2.05. The third-order valence-corrected chi connectivity index (χ3v) is 3.03. The molecule has 0 aliphatic rings. The zero-order valence-electron chi connectivity index (χ0n) is 12.5. The molecule has 2 aromatic rings. The van der Waals surface area contributed by atoms with Crippen molar-refractivity contribution in [3.8, 4) is 11.5 Å². The molecule has 22 heavy (non-hydrogen) atoms. The molecule has 118 valence electrons. The molecule has 0 amide bonds. The summed E-state index contributed by atoms with van der Waals surface area (Å²) >= 11 is 0. The van der Waals surface area contributed by atoms with E-state index >= 15 is 0 Å². The van der Waals surface area contributed by atoms with Gasteiger partial charge in [-0.15, -0.1) is 0 Å². The van der Waals surface area contributed by atoms with Crippen LogP contribution in [0.3, 0.4) is 0 Å². The van der Waals surface area contributed by atoms with E-state index in [2.05, 4.69) is 15.0 Å². The lowest BCUT2D eigenvalue weighted by molar-refractivity contribution is -0.0512. The second-order valence-electron chi connectivity index (χ2n) is 4.74. The largest absolute Gasteiger partial charge is 0.493 e. The molecule has 1 heterocycles. The Morgan fingerprint density at radius 1 is 1.14 bits per heavy atom. The predicted molar refractivity (Wildman–Crippen MR) is 79.1 cm³/mol. The summed E-state index contributed by atoms with van der Waals surface area (Å²) in [5.41, 5.74) is 2.71. The van der Waals surface area contributed by atoms with E-state index in [1.54, 1.807) is 18.2 Å². The Kier molecular flexibility index (Phi) is 5.66. The normalized spacial score (nSPS) is 10.8. The number of aromatic nitrogens is 1. The van der Waals surface area contributed by atoms with Crippen LogP contribution in [0.15, 0.2) is 36.4 Å². The summed E-state index contributed by atoms with van der Waals surface area (Å²) in [5.74, 6) is 0.315. The maximum Gasteiger partial charge on any atom is 0.387 e. The summed E-state index contributed by atoms with van der Waals surface area (Å²) in [4.78, 5) is 4.38. The van der Waals surface area contributed by atoms with E-state index < -0.39 is 6.61 Å². The molecule has 4 nitrogen and oxygen atoms in total. The quantitative estimate of drug-likeness (QED) is 0.852. The van der Waals surface area contributed by atoms with Crippen molar-refractivity contribution in [2.24, 2.45) is 0 Å². The molecule has 0 bridgehead atoms. The van der Waals surface area contributed by atoms with Gasteiger partial charge in [0.15, 0.2) is 11.5 Å². The van der Waals surface area contributed by atoms with Gasteiger partial charge in [-0.2, -0.15) is 8.78 Å². The highest BCUT2D eigenvalue weighted by Gasteiger charge is 2.11. The molecule has 6 heteroatoms. The predicted octanol–water partition coefficient (Wildman–Crippen LogP) is 3.29. The van der Waals surface area contributed by atoms with Crippen molar-refractivity contribution in [3.63, 3.8) is 0 Å². The summed E-state index contributed by atoms with van der Waals surface area (Å²) in [6.07, 6.45) is 0. The van der Waals surface area contributed by atoms with Crippen molar-refractivity contribution in [3.05, 3.63) is 53.3 Å². The Labute approximate surface area is 128 Å². The van der Waals surface area contributed by atoms with Gasteiger partial charge in [0.25, 0.3) is 0 Å². The first-order chi connectivity index (χ1) is 10.6. The molecule has 0 aliphatic heterocycles.